The van der Waals surface area contributed by atoms with Crippen LogP contribution in [0.5, 0.6) is 0 Å². The number of rotatable bonds is 10. The van der Waals surface area contributed by atoms with Crippen molar-refractivity contribution in [1.82, 2.24) is 10.2 Å². The van der Waals surface area contributed by atoms with E-state index < -0.39 is 5.66 Å². The third kappa shape index (κ3) is 6.69. The van der Waals surface area contributed by atoms with Crippen LogP contribution in [0.3, 0.4) is 0 Å². The summed E-state index contributed by atoms with van der Waals surface area (Å²) < 4.78 is 14.4. The highest BCUT2D eigenvalue weighted by atomic mass is 19.1. The summed E-state index contributed by atoms with van der Waals surface area (Å²) in [6.45, 7) is 13.9. The van der Waals surface area contributed by atoms with E-state index >= 15 is 0 Å². The van der Waals surface area contributed by atoms with Crippen molar-refractivity contribution in [3.05, 3.63) is 82.9 Å². The molecule has 44 heavy (non-hydrogen) atoms. The van der Waals surface area contributed by atoms with Crippen LogP contribution in [0.4, 0.5) is 4.39 Å². The normalized spacial score (nSPS) is 22.5. The zero-order valence-electron chi connectivity index (χ0n) is 27.0. The van der Waals surface area contributed by atoms with Gasteiger partial charge in [0.25, 0.3) is 11.8 Å². The molecule has 0 bridgehead atoms. The second-order valence-corrected chi connectivity index (χ2v) is 14.5. The Kier molecular flexibility index (Phi) is 8.92. The third-order valence-electron chi connectivity index (χ3n) is 10.00. The standard InChI is InChI=1S/C36H46FN5O2/c1-7-35(5,6)27-15-19-36(20-16-27)40-31(26-9-8-10-28(37)21-26)33(44)42(36)30(17-18-34(2,3)4)24-11-13-25(14-12-24)32(43)38-22-29-23-39-41-29/h8-14,21,23,27,30H,7,15-20,22H2,1-6H3,(H,38,43)/p+1. The molecular formula is C36H47FN5O2+. The van der Waals surface area contributed by atoms with Gasteiger partial charge in [-0.05, 0) is 85.1 Å². The summed E-state index contributed by atoms with van der Waals surface area (Å²) in [6.07, 6.45) is 8.00. The molecule has 2 heterocycles. The second kappa shape index (κ2) is 12.4. The van der Waals surface area contributed by atoms with Crippen LogP contribution in [0.2, 0.25) is 0 Å². The van der Waals surface area contributed by atoms with Gasteiger partial charge in [-0.1, -0.05) is 72.2 Å². The first-order valence-electron chi connectivity index (χ1n) is 16.0. The fourth-order valence-electron chi connectivity index (χ4n) is 6.76. The van der Waals surface area contributed by atoms with Crippen LogP contribution in [-0.4, -0.2) is 34.6 Å². The van der Waals surface area contributed by atoms with Gasteiger partial charge in [0, 0.05) is 16.2 Å². The number of benzene rings is 2. The number of carbonyl (C=O) groups is 2. The first kappa shape index (κ1) is 31.7. The highest BCUT2D eigenvalue weighted by Crippen LogP contribution is 2.51. The fraction of sp³-hybridized carbons (Fsp3) is 0.528. The van der Waals surface area contributed by atoms with Crippen molar-refractivity contribution in [3.8, 4) is 0 Å². The Morgan fingerprint density at radius 2 is 1.80 bits per heavy atom. The molecule has 1 spiro atoms. The Labute approximate surface area is 261 Å². The molecule has 2 N–H and O–H groups in total. The molecule has 1 unspecified atom stereocenters. The van der Waals surface area contributed by atoms with Crippen LogP contribution < -0.4 is 10.4 Å². The molecule has 0 saturated heterocycles. The number of hydrogen-bond donors (Lipinski definition) is 2. The average Bonchev–Trinajstić information content (AvgIpc) is 3.23. The van der Waals surface area contributed by atoms with Gasteiger partial charge in [-0.3, -0.25) is 14.6 Å². The van der Waals surface area contributed by atoms with E-state index in [1.54, 1.807) is 18.3 Å². The van der Waals surface area contributed by atoms with E-state index in [-0.39, 0.29) is 34.5 Å². The van der Waals surface area contributed by atoms with E-state index in [0.717, 1.165) is 56.2 Å². The lowest BCUT2D eigenvalue weighted by molar-refractivity contribution is -0.478. The lowest BCUT2D eigenvalue weighted by atomic mass is 9.67. The topological polar surface area (TPSA) is 88.1 Å². The molecule has 2 aliphatic heterocycles. The van der Waals surface area contributed by atoms with Crippen LogP contribution >= 0.6 is 0 Å². The van der Waals surface area contributed by atoms with Gasteiger partial charge in [0.1, 0.15) is 17.2 Å². The van der Waals surface area contributed by atoms with E-state index in [2.05, 4.69) is 57.1 Å². The zero-order chi connectivity index (χ0) is 31.7. The van der Waals surface area contributed by atoms with Crippen LogP contribution in [0.15, 0.2) is 70.5 Å². The van der Waals surface area contributed by atoms with Gasteiger partial charge in [-0.25, -0.2) is 4.39 Å². The SMILES string of the molecule is CCC(C)(C)C1CCC2(CC1)N=C(c1cccc(F)c1)C(=O)N2C(CCC(C)(C)C)c1ccc(C(=O)NCC2=C[NH+]=N2)cc1. The van der Waals surface area contributed by atoms with Crippen molar-refractivity contribution in [3.63, 3.8) is 0 Å². The minimum Gasteiger partial charge on any atom is -0.346 e. The molecule has 5 rings (SSSR count). The molecule has 3 aliphatic rings. The van der Waals surface area contributed by atoms with E-state index in [0.29, 0.717) is 29.3 Å². The number of nitrogens with one attached hydrogen (secondary N) is 2. The molecule has 1 fully saturated rings. The Bertz CT molecular complexity index is 1480. The van der Waals surface area contributed by atoms with Gasteiger partial charge in [-0.2, -0.15) is 0 Å². The molecule has 8 heteroatoms. The van der Waals surface area contributed by atoms with Gasteiger partial charge >= 0.3 is 0 Å². The molecule has 1 saturated carbocycles. The number of aliphatic imine (C=N–C) groups is 1. The summed E-state index contributed by atoms with van der Waals surface area (Å²) >= 11 is 0. The number of hydrogen-bond acceptors (Lipinski definition) is 4. The first-order chi connectivity index (χ1) is 20.8. The number of carbonyl (C=O) groups excluding carboxylic acids is 2. The highest BCUT2D eigenvalue weighted by Gasteiger charge is 2.53. The second-order valence-electron chi connectivity index (χ2n) is 14.5. The molecule has 2 amide bonds. The minimum absolute atomic E-state index is 0.0547. The first-order valence-corrected chi connectivity index (χ1v) is 16.0. The molecule has 1 atom stereocenters. The maximum Gasteiger partial charge on any atom is 0.275 e. The van der Waals surface area contributed by atoms with Gasteiger partial charge in [0.15, 0.2) is 5.70 Å². The molecule has 2 aromatic rings. The smallest absolute Gasteiger partial charge is 0.275 e. The van der Waals surface area contributed by atoms with Crippen LogP contribution in [0, 0.1) is 22.6 Å². The summed E-state index contributed by atoms with van der Waals surface area (Å²) in [5.41, 5.74) is 2.78. The molecule has 0 radical (unpaired) electrons. The van der Waals surface area contributed by atoms with E-state index in [1.165, 1.54) is 12.1 Å². The lowest BCUT2D eigenvalue weighted by Crippen LogP contribution is -2.64. The van der Waals surface area contributed by atoms with Crippen molar-refractivity contribution in [2.75, 3.05) is 6.54 Å². The molecule has 0 aromatic heterocycles. The number of azo groups is 1. The van der Waals surface area contributed by atoms with Crippen LogP contribution in [0.25, 0.3) is 0 Å². The molecule has 1 aliphatic carbocycles. The number of halogens is 1. The Morgan fingerprint density at radius 3 is 2.36 bits per heavy atom. The van der Waals surface area contributed by atoms with E-state index in [9.17, 15) is 14.0 Å². The van der Waals surface area contributed by atoms with Gasteiger partial charge < -0.3 is 10.2 Å². The fourth-order valence-corrected chi connectivity index (χ4v) is 6.76. The molecule has 234 valence electrons. The monoisotopic (exact) mass is 600 g/mol. The largest absolute Gasteiger partial charge is 0.346 e. The predicted octanol–water partition coefficient (Wildman–Crippen LogP) is 6.46. The van der Waals surface area contributed by atoms with Gasteiger partial charge in [0.2, 0.25) is 6.20 Å². The molecule has 7 nitrogen and oxygen atoms in total. The Balaban J connectivity index is 1.50. The van der Waals surface area contributed by atoms with E-state index in [4.69, 9.17) is 4.99 Å². The molecule has 2 aromatic carbocycles. The number of amides is 2. The zero-order valence-corrected chi connectivity index (χ0v) is 27.0. The maximum absolute atomic E-state index is 14.5. The summed E-state index contributed by atoms with van der Waals surface area (Å²) in [6, 6.07) is 13.6. The summed E-state index contributed by atoms with van der Waals surface area (Å²) in [4.78, 5) is 34.6. The van der Waals surface area contributed by atoms with Crippen molar-refractivity contribution < 1.29 is 19.1 Å². The summed E-state index contributed by atoms with van der Waals surface area (Å²) in [5, 5.41) is 9.59. The van der Waals surface area contributed by atoms with Crippen LogP contribution in [-0.2, 0) is 4.79 Å². The molecular weight excluding hydrogens is 553 g/mol. The van der Waals surface area contributed by atoms with Gasteiger partial charge in [0.05, 0.1) is 12.6 Å². The minimum atomic E-state index is -0.689. The van der Waals surface area contributed by atoms with Crippen molar-refractivity contribution >= 4 is 17.5 Å². The Morgan fingerprint density at radius 1 is 1.11 bits per heavy atom. The summed E-state index contributed by atoms with van der Waals surface area (Å²) in [7, 11) is 0. The van der Waals surface area contributed by atoms with E-state index in [1.807, 2.05) is 29.2 Å². The highest BCUT2D eigenvalue weighted by molar-refractivity contribution is 6.46. The third-order valence-corrected chi connectivity index (χ3v) is 10.00. The quantitative estimate of drug-likeness (QED) is 0.328. The van der Waals surface area contributed by atoms with Crippen molar-refractivity contribution in [1.29, 1.82) is 0 Å². The Hall–Kier alpha value is -3.68. The number of nitrogens with zero attached hydrogens (tertiary/aromatic N) is 3. The summed E-state index contributed by atoms with van der Waals surface area (Å²) in [5.74, 6) is -0.145. The van der Waals surface area contributed by atoms with Crippen molar-refractivity contribution in [2.24, 2.45) is 26.9 Å². The van der Waals surface area contributed by atoms with Crippen LogP contribution in [0.1, 0.15) is 114 Å². The predicted molar refractivity (Wildman–Crippen MR) is 170 cm³/mol. The van der Waals surface area contributed by atoms with Crippen molar-refractivity contribution in [2.45, 2.75) is 98.2 Å². The van der Waals surface area contributed by atoms with Gasteiger partial charge in [-0.15, -0.1) is 5.11 Å². The average molecular weight is 601 g/mol. The maximum atomic E-state index is 14.5. The lowest BCUT2D eigenvalue weighted by Gasteiger charge is -2.48.